The van der Waals surface area contributed by atoms with E-state index in [0.717, 1.165) is 6.07 Å². The van der Waals surface area contributed by atoms with Crippen molar-refractivity contribution in [2.45, 2.75) is 6.18 Å². The van der Waals surface area contributed by atoms with Crippen LogP contribution in [0.4, 0.5) is 13.2 Å². The summed E-state index contributed by atoms with van der Waals surface area (Å²) in [6.07, 6.45) is -3.31. The molecule has 0 saturated heterocycles. The van der Waals surface area contributed by atoms with E-state index >= 15 is 0 Å². The second-order valence-corrected chi connectivity index (χ2v) is 5.37. The molecule has 0 spiro atoms. The van der Waals surface area contributed by atoms with Crippen molar-refractivity contribution in [1.29, 1.82) is 0 Å². The summed E-state index contributed by atoms with van der Waals surface area (Å²) >= 11 is 5.82. The summed E-state index contributed by atoms with van der Waals surface area (Å²) in [4.78, 5) is 14.3. The molecule has 0 aliphatic carbocycles. The zero-order valence-electron chi connectivity index (χ0n) is 12.4. The SMILES string of the molecule is O=Cc1ccc(-c2cccc(Oc3ncc(C(F)(F)F)cc3Cl)c2)o1. The molecule has 1 aromatic carbocycles. The van der Waals surface area contributed by atoms with E-state index in [-0.39, 0.29) is 16.7 Å². The zero-order valence-corrected chi connectivity index (χ0v) is 13.1. The number of pyridine rings is 1. The zero-order chi connectivity index (χ0) is 18.0. The number of rotatable bonds is 4. The van der Waals surface area contributed by atoms with Crippen LogP contribution in [-0.4, -0.2) is 11.3 Å². The second-order valence-electron chi connectivity index (χ2n) is 4.96. The van der Waals surface area contributed by atoms with Gasteiger partial charge in [0.05, 0.1) is 5.56 Å². The first kappa shape index (κ1) is 17.0. The van der Waals surface area contributed by atoms with Crippen molar-refractivity contribution in [3.05, 3.63) is 65.0 Å². The Morgan fingerprint density at radius 1 is 1.16 bits per heavy atom. The fourth-order valence-electron chi connectivity index (χ4n) is 2.05. The maximum absolute atomic E-state index is 12.6. The fraction of sp³-hybridized carbons (Fsp3) is 0.0588. The number of ether oxygens (including phenoxy) is 1. The summed E-state index contributed by atoms with van der Waals surface area (Å²) in [5.41, 5.74) is -0.343. The minimum atomic E-state index is -4.54. The van der Waals surface area contributed by atoms with Crippen molar-refractivity contribution in [1.82, 2.24) is 4.98 Å². The Bertz CT molecular complexity index is 921. The molecule has 0 bridgehead atoms. The molecule has 0 fully saturated rings. The summed E-state index contributed by atoms with van der Waals surface area (Å²) in [6.45, 7) is 0. The van der Waals surface area contributed by atoms with Crippen LogP contribution in [0.25, 0.3) is 11.3 Å². The van der Waals surface area contributed by atoms with E-state index in [1.807, 2.05) is 0 Å². The normalized spacial score (nSPS) is 11.4. The molecule has 0 aliphatic rings. The van der Waals surface area contributed by atoms with Crippen molar-refractivity contribution >= 4 is 17.9 Å². The van der Waals surface area contributed by atoms with Gasteiger partial charge in [0.25, 0.3) is 0 Å². The summed E-state index contributed by atoms with van der Waals surface area (Å²) < 4.78 is 48.6. The third-order valence-electron chi connectivity index (χ3n) is 3.21. The van der Waals surface area contributed by atoms with Crippen LogP contribution in [0.15, 0.2) is 53.1 Å². The van der Waals surface area contributed by atoms with Gasteiger partial charge in [-0.05, 0) is 30.3 Å². The number of hydrogen-bond acceptors (Lipinski definition) is 4. The number of hydrogen-bond donors (Lipinski definition) is 0. The van der Waals surface area contributed by atoms with Gasteiger partial charge in [-0.3, -0.25) is 4.79 Å². The number of carbonyl (C=O) groups excluding carboxylic acids is 1. The molecule has 2 aromatic heterocycles. The van der Waals surface area contributed by atoms with Crippen molar-refractivity contribution in [2.75, 3.05) is 0 Å². The van der Waals surface area contributed by atoms with Gasteiger partial charge in [0.1, 0.15) is 16.5 Å². The topological polar surface area (TPSA) is 52.3 Å². The van der Waals surface area contributed by atoms with Crippen molar-refractivity contribution in [2.24, 2.45) is 0 Å². The maximum Gasteiger partial charge on any atom is 0.417 e. The highest BCUT2D eigenvalue weighted by Gasteiger charge is 2.31. The van der Waals surface area contributed by atoms with Crippen LogP contribution in [0.2, 0.25) is 5.02 Å². The molecular weight excluding hydrogens is 359 g/mol. The van der Waals surface area contributed by atoms with Gasteiger partial charge >= 0.3 is 6.18 Å². The number of carbonyl (C=O) groups is 1. The third kappa shape index (κ3) is 3.83. The largest absolute Gasteiger partial charge is 0.453 e. The number of nitrogens with zero attached hydrogens (tertiary/aromatic N) is 1. The molecule has 8 heteroatoms. The third-order valence-corrected chi connectivity index (χ3v) is 3.48. The number of alkyl halides is 3. The molecule has 0 saturated carbocycles. The van der Waals surface area contributed by atoms with Crippen LogP contribution in [0, 0.1) is 0 Å². The Kier molecular flexibility index (Phi) is 4.50. The first-order valence-corrected chi connectivity index (χ1v) is 7.30. The molecule has 3 aromatic rings. The van der Waals surface area contributed by atoms with Gasteiger partial charge in [0.2, 0.25) is 5.88 Å². The highest BCUT2D eigenvalue weighted by atomic mass is 35.5. The van der Waals surface area contributed by atoms with Gasteiger partial charge < -0.3 is 9.15 Å². The molecule has 2 heterocycles. The first-order valence-electron chi connectivity index (χ1n) is 6.93. The van der Waals surface area contributed by atoms with Crippen LogP contribution in [0.5, 0.6) is 11.6 Å². The van der Waals surface area contributed by atoms with Gasteiger partial charge in [-0.1, -0.05) is 23.7 Å². The molecular formula is C17H9ClF3NO3. The minimum Gasteiger partial charge on any atom is -0.453 e. The van der Waals surface area contributed by atoms with E-state index in [2.05, 4.69) is 4.98 Å². The Balaban J connectivity index is 1.86. The van der Waals surface area contributed by atoms with Gasteiger partial charge in [-0.15, -0.1) is 0 Å². The van der Waals surface area contributed by atoms with Gasteiger partial charge in [0.15, 0.2) is 12.0 Å². The van der Waals surface area contributed by atoms with E-state index in [9.17, 15) is 18.0 Å². The van der Waals surface area contributed by atoms with E-state index in [1.54, 1.807) is 30.3 Å². The Hall–Kier alpha value is -2.80. The lowest BCUT2D eigenvalue weighted by Crippen LogP contribution is -2.05. The number of halogens is 4. The molecule has 0 radical (unpaired) electrons. The first-order chi connectivity index (χ1) is 11.9. The second kappa shape index (κ2) is 6.60. The lowest BCUT2D eigenvalue weighted by Gasteiger charge is -2.10. The summed E-state index contributed by atoms with van der Waals surface area (Å²) in [5.74, 6) is 0.767. The number of aromatic nitrogens is 1. The molecule has 0 amide bonds. The molecule has 0 aliphatic heterocycles. The lowest BCUT2D eigenvalue weighted by molar-refractivity contribution is -0.137. The summed E-state index contributed by atoms with van der Waals surface area (Å²) in [6, 6.07) is 10.4. The monoisotopic (exact) mass is 367 g/mol. The molecule has 4 nitrogen and oxygen atoms in total. The highest BCUT2D eigenvalue weighted by Crippen LogP contribution is 2.35. The van der Waals surface area contributed by atoms with E-state index in [4.69, 9.17) is 20.8 Å². The minimum absolute atomic E-state index is 0.153. The van der Waals surface area contributed by atoms with Gasteiger partial charge in [0, 0.05) is 11.8 Å². The number of benzene rings is 1. The Labute approximate surface area is 144 Å². The van der Waals surface area contributed by atoms with E-state index < -0.39 is 11.7 Å². The van der Waals surface area contributed by atoms with Gasteiger partial charge in [-0.2, -0.15) is 13.2 Å². The standard InChI is InChI=1S/C17H9ClF3NO3/c18-14-7-11(17(19,20)21)8-22-16(14)25-12-3-1-2-10(6-12)15-5-4-13(9-23)24-15/h1-9H. The number of aldehydes is 1. The van der Waals surface area contributed by atoms with Crippen LogP contribution in [0.3, 0.4) is 0 Å². The smallest absolute Gasteiger partial charge is 0.417 e. The van der Waals surface area contributed by atoms with Crippen molar-refractivity contribution in [3.8, 4) is 23.0 Å². The fourth-order valence-corrected chi connectivity index (χ4v) is 2.26. The summed E-state index contributed by atoms with van der Waals surface area (Å²) in [5, 5.41) is -0.263. The summed E-state index contributed by atoms with van der Waals surface area (Å²) in [7, 11) is 0. The molecule has 0 N–H and O–H groups in total. The van der Waals surface area contributed by atoms with Crippen LogP contribution in [0.1, 0.15) is 16.1 Å². The quantitative estimate of drug-likeness (QED) is 0.562. The predicted octanol–water partition coefficient (Wildman–Crippen LogP) is 5.62. The lowest BCUT2D eigenvalue weighted by atomic mass is 10.1. The molecule has 128 valence electrons. The molecule has 3 rings (SSSR count). The Morgan fingerprint density at radius 3 is 2.60 bits per heavy atom. The average Bonchev–Trinajstić information content (AvgIpc) is 3.05. The highest BCUT2D eigenvalue weighted by molar-refractivity contribution is 6.31. The molecule has 0 atom stereocenters. The van der Waals surface area contributed by atoms with Crippen molar-refractivity contribution < 1.29 is 27.1 Å². The Morgan fingerprint density at radius 2 is 1.96 bits per heavy atom. The number of furan rings is 1. The van der Waals surface area contributed by atoms with Crippen LogP contribution < -0.4 is 4.74 Å². The van der Waals surface area contributed by atoms with Gasteiger partial charge in [-0.25, -0.2) is 4.98 Å². The predicted molar refractivity (Wildman–Crippen MR) is 83.9 cm³/mol. The molecule has 0 unspecified atom stereocenters. The van der Waals surface area contributed by atoms with Crippen LogP contribution in [-0.2, 0) is 6.18 Å². The van der Waals surface area contributed by atoms with Crippen LogP contribution >= 0.6 is 11.6 Å². The molecule has 25 heavy (non-hydrogen) atoms. The van der Waals surface area contributed by atoms with E-state index in [1.165, 1.54) is 6.07 Å². The average molecular weight is 368 g/mol. The van der Waals surface area contributed by atoms with Crippen molar-refractivity contribution in [3.63, 3.8) is 0 Å². The van der Waals surface area contributed by atoms with E-state index in [0.29, 0.717) is 29.6 Å². The maximum atomic E-state index is 12.6.